The summed E-state index contributed by atoms with van der Waals surface area (Å²) >= 11 is 5.79. The van der Waals surface area contributed by atoms with Crippen LogP contribution in [0.2, 0.25) is 0 Å². The van der Waals surface area contributed by atoms with E-state index in [2.05, 4.69) is 67.6 Å². The number of nitrogens with one attached hydrogen (secondary N) is 1. The molecule has 0 aliphatic rings. The second kappa shape index (κ2) is 13.2. The maximum Gasteiger partial charge on any atom is 0.103 e. The molecule has 2 aromatic rings. The van der Waals surface area contributed by atoms with Crippen LogP contribution in [0.15, 0.2) is 60.7 Å². The summed E-state index contributed by atoms with van der Waals surface area (Å²) in [5.74, 6) is 1.58. The highest BCUT2D eigenvalue weighted by Gasteiger charge is 2.13. The van der Waals surface area contributed by atoms with Crippen molar-refractivity contribution in [2.24, 2.45) is 5.92 Å². The van der Waals surface area contributed by atoms with Gasteiger partial charge in [0, 0.05) is 17.0 Å². The van der Waals surface area contributed by atoms with Crippen molar-refractivity contribution in [3.63, 3.8) is 0 Å². The van der Waals surface area contributed by atoms with Crippen molar-refractivity contribution < 1.29 is 17.3 Å². The number of alkyl halides is 1. The van der Waals surface area contributed by atoms with Crippen LogP contribution in [0, 0.1) is 5.92 Å². The van der Waals surface area contributed by atoms with E-state index < -0.39 is 0 Å². The zero-order valence-electron chi connectivity index (χ0n) is 15.3. The van der Waals surface area contributed by atoms with Gasteiger partial charge in [-0.3, -0.25) is 0 Å². The predicted molar refractivity (Wildman–Crippen MR) is 104 cm³/mol. The van der Waals surface area contributed by atoms with Gasteiger partial charge in [-0.15, -0.1) is 11.6 Å². The standard InChI is InChI=1S/C22H30ClN.ClH/c1-20(10-8-9-16-23)15-17-24(18-21-11-4-2-5-12-21)19-22-13-6-3-7-14-22;/h2-7,11-14,20H,8-10,15-19H2,1H3;1H/t20-;/m0./s1. The van der Waals surface area contributed by atoms with Crippen LogP contribution in [0.25, 0.3) is 0 Å². The highest BCUT2D eigenvalue weighted by molar-refractivity contribution is 6.17. The summed E-state index contributed by atoms with van der Waals surface area (Å²) in [7, 11) is 0. The minimum atomic E-state index is 0. The predicted octanol–water partition coefficient (Wildman–Crippen LogP) is 1.71. The summed E-state index contributed by atoms with van der Waals surface area (Å²) in [4.78, 5) is 1.65. The van der Waals surface area contributed by atoms with Crippen LogP contribution in [0.3, 0.4) is 0 Å². The van der Waals surface area contributed by atoms with Crippen LogP contribution in [-0.4, -0.2) is 12.4 Å². The molecule has 0 amide bonds. The van der Waals surface area contributed by atoms with Gasteiger partial charge in [0.15, 0.2) is 0 Å². The molecule has 0 aliphatic heterocycles. The van der Waals surface area contributed by atoms with Crippen LogP contribution >= 0.6 is 11.6 Å². The number of benzene rings is 2. The lowest BCUT2D eigenvalue weighted by atomic mass is 10.00. The Morgan fingerprint density at radius 3 is 1.80 bits per heavy atom. The quantitative estimate of drug-likeness (QED) is 0.447. The molecule has 0 fully saturated rings. The molecule has 3 heteroatoms. The van der Waals surface area contributed by atoms with Crippen molar-refractivity contribution in [3.05, 3.63) is 71.8 Å². The van der Waals surface area contributed by atoms with E-state index in [0.29, 0.717) is 0 Å². The van der Waals surface area contributed by atoms with E-state index in [-0.39, 0.29) is 12.4 Å². The Balaban J connectivity index is 0.00000312. The number of unbranched alkanes of at least 4 members (excludes halogenated alkanes) is 1. The number of hydrogen-bond acceptors (Lipinski definition) is 0. The lowest BCUT2D eigenvalue weighted by molar-refractivity contribution is -0.928. The smallest absolute Gasteiger partial charge is 0.103 e. The highest BCUT2D eigenvalue weighted by atomic mass is 35.5. The average molecular weight is 380 g/mol. The van der Waals surface area contributed by atoms with Gasteiger partial charge >= 0.3 is 0 Å². The van der Waals surface area contributed by atoms with Crippen LogP contribution in [0.4, 0.5) is 0 Å². The fourth-order valence-electron chi connectivity index (χ4n) is 3.19. The summed E-state index contributed by atoms with van der Waals surface area (Å²) in [6.45, 7) is 5.82. The molecule has 1 nitrogen and oxygen atoms in total. The first-order chi connectivity index (χ1) is 11.8. The Bertz CT molecular complexity index is 503. The van der Waals surface area contributed by atoms with Gasteiger partial charge in [-0.05, 0) is 18.8 Å². The van der Waals surface area contributed by atoms with Crippen LogP contribution < -0.4 is 17.3 Å². The monoisotopic (exact) mass is 379 g/mol. The Morgan fingerprint density at radius 2 is 1.32 bits per heavy atom. The van der Waals surface area contributed by atoms with Crippen molar-refractivity contribution in [2.45, 2.75) is 45.7 Å². The first kappa shape index (κ1) is 22.0. The SMILES string of the molecule is C[C@@H](CCCCCl)CC[NH+](Cc1ccccc1)Cc1ccccc1.[Cl-]. The largest absolute Gasteiger partial charge is 1.00 e. The summed E-state index contributed by atoms with van der Waals surface area (Å²) < 4.78 is 0. The Labute approximate surface area is 164 Å². The fraction of sp³-hybridized carbons (Fsp3) is 0.455. The lowest BCUT2D eigenvalue weighted by Crippen LogP contribution is -3.09. The molecule has 0 heterocycles. The van der Waals surface area contributed by atoms with E-state index in [1.165, 1.54) is 36.9 Å². The van der Waals surface area contributed by atoms with Gasteiger partial charge in [0.25, 0.3) is 0 Å². The van der Waals surface area contributed by atoms with Crippen LogP contribution in [0.5, 0.6) is 0 Å². The minimum absolute atomic E-state index is 0. The summed E-state index contributed by atoms with van der Waals surface area (Å²) in [6, 6.07) is 21.7. The van der Waals surface area contributed by atoms with Crippen molar-refractivity contribution in [2.75, 3.05) is 12.4 Å². The molecule has 25 heavy (non-hydrogen) atoms. The second-order valence-corrected chi connectivity index (χ2v) is 7.28. The lowest BCUT2D eigenvalue weighted by Gasteiger charge is -2.22. The molecular formula is C22H31Cl2N. The van der Waals surface area contributed by atoms with E-state index in [1.54, 1.807) is 4.90 Å². The molecule has 1 atom stereocenters. The van der Waals surface area contributed by atoms with E-state index in [1.807, 2.05) is 0 Å². The van der Waals surface area contributed by atoms with Crippen molar-refractivity contribution in [1.82, 2.24) is 0 Å². The molecule has 138 valence electrons. The molecule has 0 unspecified atom stereocenters. The molecule has 1 N–H and O–H groups in total. The molecule has 0 radical (unpaired) electrons. The Kier molecular flexibility index (Phi) is 11.6. The first-order valence-electron chi connectivity index (χ1n) is 9.25. The van der Waals surface area contributed by atoms with Crippen LogP contribution in [-0.2, 0) is 13.1 Å². The third kappa shape index (κ3) is 9.30. The third-order valence-electron chi connectivity index (χ3n) is 4.67. The molecule has 0 aromatic heterocycles. The first-order valence-corrected chi connectivity index (χ1v) is 9.78. The van der Waals surface area contributed by atoms with E-state index in [4.69, 9.17) is 11.6 Å². The Morgan fingerprint density at radius 1 is 0.800 bits per heavy atom. The molecule has 2 rings (SSSR count). The van der Waals surface area contributed by atoms with E-state index in [0.717, 1.165) is 31.3 Å². The van der Waals surface area contributed by atoms with E-state index >= 15 is 0 Å². The van der Waals surface area contributed by atoms with Crippen molar-refractivity contribution >= 4 is 11.6 Å². The average Bonchev–Trinajstić information content (AvgIpc) is 2.62. The summed E-state index contributed by atoms with van der Waals surface area (Å²) in [6.07, 6.45) is 5.00. The fourth-order valence-corrected chi connectivity index (χ4v) is 3.38. The Hall–Kier alpha value is -1.02. The number of quaternary nitrogens is 1. The van der Waals surface area contributed by atoms with Crippen LogP contribution in [0.1, 0.15) is 43.7 Å². The van der Waals surface area contributed by atoms with E-state index in [9.17, 15) is 0 Å². The molecule has 0 saturated heterocycles. The van der Waals surface area contributed by atoms with Gasteiger partial charge in [0.05, 0.1) is 6.54 Å². The maximum atomic E-state index is 5.79. The normalized spacial score (nSPS) is 12.0. The molecule has 0 bridgehead atoms. The van der Waals surface area contributed by atoms with Crippen molar-refractivity contribution in [3.8, 4) is 0 Å². The maximum absolute atomic E-state index is 5.79. The van der Waals surface area contributed by atoms with Crippen molar-refractivity contribution in [1.29, 1.82) is 0 Å². The molecule has 2 aromatic carbocycles. The molecule has 0 aliphatic carbocycles. The number of halogens is 2. The van der Waals surface area contributed by atoms with Gasteiger partial charge in [-0.2, -0.15) is 0 Å². The summed E-state index contributed by atoms with van der Waals surface area (Å²) in [5, 5.41) is 0. The molecule has 0 saturated carbocycles. The van der Waals surface area contributed by atoms with Gasteiger partial charge in [-0.1, -0.05) is 80.4 Å². The topological polar surface area (TPSA) is 4.44 Å². The zero-order chi connectivity index (χ0) is 17.0. The number of rotatable bonds is 11. The van der Waals surface area contributed by atoms with Gasteiger partial charge in [0.2, 0.25) is 0 Å². The summed E-state index contributed by atoms with van der Waals surface area (Å²) in [5.41, 5.74) is 2.86. The molecular weight excluding hydrogens is 349 g/mol. The second-order valence-electron chi connectivity index (χ2n) is 6.90. The number of hydrogen-bond donors (Lipinski definition) is 1. The molecule has 0 spiro atoms. The zero-order valence-corrected chi connectivity index (χ0v) is 16.8. The van der Waals surface area contributed by atoms with Gasteiger partial charge in [0.1, 0.15) is 13.1 Å². The third-order valence-corrected chi connectivity index (χ3v) is 4.93. The highest BCUT2D eigenvalue weighted by Crippen LogP contribution is 2.11. The van der Waals surface area contributed by atoms with Gasteiger partial charge < -0.3 is 17.3 Å². The van der Waals surface area contributed by atoms with Gasteiger partial charge in [-0.25, -0.2) is 0 Å². The minimum Gasteiger partial charge on any atom is -1.00 e.